The van der Waals surface area contributed by atoms with Crippen LogP contribution in [0.3, 0.4) is 0 Å². The number of aliphatic imine (C=N–C) groups is 1. The van der Waals surface area contributed by atoms with E-state index in [0.29, 0.717) is 5.92 Å². The van der Waals surface area contributed by atoms with Gasteiger partial charge in [0, 0.05) is 57.6 Å². The van der Waals surface area contributed by atoms with Gasteiger partial charge in [0.25, 0.3) is 0 Å². The second-order valence-corrected chi connectivity index (χ2v) is 7.65. The van der Waals surface area contributed by atoms with Crippen molar-refractivity contribution in [3.63, 3.8) is 0 Å². The molecule has 0 bridgehead atoms. The minimum Gasteiger partial charge on any atom is -0.379 e. The molecule has 1 aromatic carbocycles. The summed E-state index contributed by atoms with van der Waals surface area (Å²) in [7, 11) is 0. The van der Waals surface area contributed by atoms with Gasteiger partial charge in [-0.05, 0) is 44.4 Å². The van der Waals surface area contributed by atoms with Crippen LogP contribution in [0.15, 0.2) is 23.2 Å². The fraction of sp³-hybridized carbons (Fsp3) is 0.667. The third-order valence-electron chi connectivity index (χ3n) is 5.45. The highest BCUT2D eigenvalue weighted by Crippen LogP contribution is 2.25. The summed E-state index contributed by atoms with van der Waals surface area (Å²) in [6.45, 7) is 10.9. The molecule has 0 aliphatic carbocycles. The first-order valence-corrected chi connectivity index (χ1v) is 10.7. The van der Waals surface area contributed by atoms with Crippen LogP contribution in [0.25, 0.3) is 0 Å². The molecule has 1 aromatic rings. The molecular formula is C21H33F2N5O. The second kappa shape index (κ2) is 11.3. The summed E-state index contributed by atoms with van der Waals surface area (Å²) in [6, 6.07) is 4.12. The highest BCUT2D eigenvalue weighted by Gasteiger charge is 2.23. The molecule has 2 aliphatic heterocycles. The van der Waals surface area contributed by atoms with E-state index in [1.54, 1.807) is 6.07 Å². The number of rotatable bonds is 8. The van der Waals surface area contributed by atoms with Crippen molar-refractivity contribution in [3.8, 4) is 0 Å². The van der Waals surface area contributed by atoms with E-state index in [1.165, 1.54) is 12.1 Å². The molecule has 2 saturated heterocycles. The normalized spacial score (nSPS) is 20.9. The number of morpholine rings is 1. The average molecular weight is 410 g/mol. The number of ether oxygens (including phenoxy) is 1. The van der Waals surface area contributed by atoms with Gasteiger partial charge in [0.15, 0.2) is 17.6 Å². The van der Waals surface area contributed by atoms with Crippen molar-refractivity contribution in [2.75, 3.05) is 70.5 Å². The topological polar surface area (TPSA) is 52.1 Å². The van der Waals surface area contributed by atoms with Gasteiger partial charge in [-0.25, -0.2) is 8.78 Å². The highest BCUT2D eigenvalue weighted by molar-refractivity contribution is 5.79. The Morgan fingerprint density at radius 3 is 2.76 bits per heavy atom. The summed E-state index contributed by atoms with van der Waals surface area (Å²) in [6.07, 6.45) is 2.07. The average Bonchev–Trinajstić information content (AvgIpc) is 3.21. The molecule has 0 saturated carbocycles. The zero-order valence-corrected chi connectivity index (χ0v) is 17.3. The summed E-state index contributed by atoms with van der Waals surface area (Å²) in [5.74, 6) is -0.337. The van der Waals surface area contributed by atoms with Crippen molar-refractivity contribution in [2.24, 2.45) is 10.9 Å². The van der Waals surface area contributed by atoms with Crippen LogP contribution in [-0.4, -0.2) is 76.4 Å². The van der Waals surface area contributed by atoms with Crippen LogP contribution in [0.5, 0.6) is 0 Å². The first kappa shape index (κ1) is 21.8. The fourth-order valence-electron chi connectivity index (χ4n) is 3.79. The maximum absolute atomic E-state index is 13.5. The number of benzene rings is 1. The van der Waals surface area contributed by atoms with Gasteiger partial charge in [-0.2, -0.15) is 0 Å². The fourth-order valence-corrected chi connectivity index (χ4v) is 3.79. The lowest BCUT2D eigenvalue weighted by Gasteiger charge is -2.26. The van der Waals surface area contributed by atoms with Gasteiger partial charge in [0.05, 0.1) is 13.2 Å². The summed E-state index contributed by atoms with van der Waals surface area (Å²) >= 11 is 0. The Kier molecular flexibility index (Phi) is 8.49. The Hall–Kier alpha value is -1.93. The zero-order chi connectivity index (χ0) is 20.5. The Labute approximate surface area is 172 Å². The number of halogens is 2. The number of guanidine groups is 1. The van der Waals surface area contributed by atoms with Gasteiger partial charge in [0.2, 0.25) is 0 Å². The first-order chi connectivity index (χ1) is 14.2. The van der Waals surface area contributed by atoms with E-state index in [0.717, 1.165) is 90.1 Å². The monoisotopic (exact) mass is 409 g/mol. The standard InChI is InChI=1S/C21H33F2N5O/c1-2-24-21(25-7-3-8-27-10-12-29-13-11-27)26-15-17-6-9-28(16-17)18-4-5-19(22)20(23)14-18/h4-5,14,17H,2-3,6-13,15-16H2,1H3,(H2,24,25,26). The van der Waals surface area contributed by atoms with Crippen molar-refractivity contribution in [1.29, 1.82) is 0 Å². The van der Waals surface area contributed by atoms with Gasteiger partial charge in [0.1, 0.15) is 0 Å². The van der Waals surface area contributed by atoms with Gasteiger partial charge in [-0.15, -0.1) is 0 Å². The van der Waals surface area contributed by atoms with E-state index in [2.05, 4.69) is 27.4 Å². The lowest BCUT2D eigenvalue weighted by atomic mass is 10.1. The summed E-state index contributed by atoms with van der Waals surface area (Å²) < 4.78 is 32.0. The van der Waals surface area contributed by atoms with Crippen LogP contribution in [0.4, 0.5) is 14.5 Å². The summed E-state index contributed by atoms with van der Waals surface area (Å²) in [5.41, 5.74) is 0.739. The van der Waals surface area contributed by atoms with Gasteiger partial charge in [-0.1, -0.05) is 0 Å². The van der Waals surface area contributed by atoms with E-state index >= 15 is 0 Å². The van der Waals surface area contributed by atoms with E-state index in [1.807, 2.05) is 0 Å². The number of hydrogen-bond donors (Lipinski definition) is 2. The molecular weight excluding hydrogens is 376 g/mol. The van der Waals surface area contributed by atoms with Crippen LogP contribution in [-0.2, 0) is 4.74 Å². The third-order valence-corrected chi connectivity index (χ3v) is 5.45. The molecule has 0 radical (unpaired) electrons. The molecule has 2 aliphatic rings. The molecule has 162 valence electrons. The molecule has 2 heterocycles. The molecule has 0 amide bonds. The maximum Gasteiger partial charge on any atom is 0.191 e. The smallest absolute Gasteiger partial charge is 0.191 e. The minimum atomic E-state index is -0.802. The molecule has 1 unspecified atom stereocenters. The molecule has 2 N–H and O–H groups in total. The lowest BCUT2D eigenvalue weighted by molar-refractivity contribution is 0.0376. The molecule has 8 heteroatoms. The van der Waals surface area contributed by atoms with Crippen molar-refractivity contribution < 1.29 is 13.5 Å². The van der Waals surface area contributed by atoms with Crippen molar-refractivity contribution in [3.05, 3.63) is 29.8 Å². The first-order valence-electron chi connectivity index (χ1n) is 10.7. The van der Waals surface area contributed by atoms with E-state index < -0.39 is 11.6 Å². The number of nitrogens with one attached hydrogen (secondary N) is 2. The Morgan fingerprint density at radius 1 is 1.17 bits per heavy atom. The maximum atomic E-state index is 13.5. The predicted octanol–water partition coefficient (Wildman–Crippen LogP) is 2.07. The molecule has 1 atom stereocenters. The van der Waals surface area contributed by atoms with Gasteiger partial charge >= 0.3 is 0 Å². The molecule has 2 fully saturated rings. The summed E-state index contributed by atoms with van der Waals surface area (Å²) in [4.78, 5) is 9.27. The van der Waals surface area contributed by atoms with E-state index in [4.69, 9.17) is 9.73 Å². The third kappa shape index (κ3) is 6.82. The lowest BCUT2D eigenvalue weighted by Crippen LogP contribution is -2.41. The van der Waals surface area contributed by atoms with Crippen molar-refractivity contribution >= 4 is 11.6 Å². The van der Waals surface area contributed by atoms with Gasteiger partial charge < -0.3 is 20.3 Å². The van der Waals surface area contributed by atoms with Crippen LogP contribution < -0.4 is 15.5 Å². The van der Waals surface area contributed by atoms with Crippen molar-refractivity contribution in [1.82, 2.24) is 15.5 Å². The predicted molar refractivity (Wildman–Crippen MR) is 113 cm³/mol. The highest BCUT2D eigenvalue weighted by atomic mass is 19.2. The SMILES string of the molecule is CCNC(=NCC1CCN(c2ccc(F)c(F)c2)C1)NCCCN1CCOCC1. The van der Waals surface area contributed by atoms with Crippen LogP contribution in [0, 0.1) is 17.6 Å². The molecule has 6 nitrogen and oxygen atoms in total. The Balaban J connectivity index is 1.41. The Morgan fingerprint density at radius 2 is 2.00 bits per heavy atom. The molecule has 0 aromatic heterocycles. The van der Waals surface area contributed by atoms with Crippen LogP contribution in [0.2, 0.25) is 0 Å². The second-order valence-electron chi connectivity index (χ2n) is 7.65. The minimum absolute atomic E-state index is 0.409. The molecule has 3 rings (SSSR count). The Bertz CT molecular complexity index is 666. The number of hydrogen-bond acceptors (Lipinski definition) is 4. The van der Waals surface area contributed by atoms with E-state index in [-0.39, 0.29) is 0 Å². The number of nitrogens with zero attached hydrogens (tertiary/aromatic N) is 3. The zero-order valence-electron chi connectivity index (χ0n) is 17.3. The molecule has 0 spiro atoms. The van der Waals surface area contributed by atoms with Crippen molar-refractivity contribution in [2.45, 2.75) is 19.8 Å². The van der Waals surface area contributed by atoms with E-state index in [9.17, 15) is 8.78 Å². The quantitative estimate of drug-likeness (QED) is 0.391. The van der Waals surface area contributed by atoms with Gasteiger partial charge in [-0.3, -0.25) is 9.89 Å². The number of anilines is 1. The largest absolute Gasteiger partial charge is 0.379 e. The van der Waals surface area contributed by atoms with Crippen LogP contribution >= 0.6 is 0 Å². The summed E-state index contributed by atoms with van der Waals surface area (Å²) in [5, 5.41) is 6.72. The van der Waals surface area contributed by atoms with Crippen LogP contribution in [0.1, 0.15) is 19.8 Å². The molecule has 29 heavy (non-hydrogen) atoms.